The molecule has 2 heterocycles. The number of phenolic OH excluding ortho intramolecular Hbond substituents is 1. The van der Waals surface area contributed by atoms with Crippen LogP contribution in [0.5, 0.6) is 5.75 Å². The molecular formula is C21H24ClNO2. The van der Waals surface area contributed by atoms with Crippen molar-refractivity contribution in [3.8, 4) is 5.75 Å². The number of halogens is 1. The predicted octanol–water partition coefficient (Wildman–Crippen LogP) is 4.00. The number of nitrogens with zero attached hydrogens (tertiary/aromatic N) is 1. The van der Waals surface area contributed by atoms with Gasteiger partial charge in [-0.25, -0.2) is 0 Å². The van der Waals surface area contributed by atoms with Crippen molar-refractivity contribution in [2.45, 2.75) is 44.3 Å². The number of benzene rings is 2. The minimum atomic E-state index is -0.0758. The van der Waals surface area contributed by atoms with E-state index in [-0.39, 0.29) is 17.8 Å². The molecule has 0 unspecified atom stereocenters. The monoisotopic (exact) mass is 357 g/mol. The molecule has 2 aliphatic heterocycles. The Morgan fingerprint density at radius 3 is 2.64 bits per heavy atom. The van der Waals surface area contributed by atoms with E-state index in [9.17, 15) is 10.2 Å². The molecule has 2 N–H and O–H groups in total. The molecule has 0 amide bonds. The van der Waals surface area contributed by atoms with Gasteiger partial charge in [0.05, 0.1) is 11.6 Å². The van der Waals surface area contributed by atoms with E-state index in [1.54, 1.807) is 6.07 Å². The van der Waals surface area contributed by atoms with Gasteiger partial charge in [0.15, 0.2) is 0 Å². The molecule has 2 bridgehead atoms. The van der Waals surface area contributed by atoms with Crippen molar-refractivity contribution in [2.75, 3.05) is 6.61 Å². The number of phenols is 1. The number of rotatable bonds is 5. The van der Waals surface area contributed by atoms with Crippen LogP contribution in [0, 0.1) is 5.41 Å². The summed E-state index contributed by atoms with van der Waals surface area (Å²) in [7, 11) is 0. The van der Waals surface area contributed by atoms with Crippen molar-refractivity contribution in [2.24, 2.45) is 5.41 Å². The number of fused-ring (bicyclic) bond motifs is 2. The van der Waals surface area contributed by atoms with E-state index in [2.05, 4.69) is 29.2 Å². The van der Waals surface area contributed by atoms with Gasteiger partial charge in [-0.3, -0.25) is 4.90 Å². The van der Waals surface area contributed by atoms with Crippen LogP contribution < -0.4 is 0 Å². The Morgan fingerprint density at radius 1 is 1.08 bits per heavy atom. The van der Waals surface area contributed by atoms with Gasteiger partial charge < -0.3 is 10.2 Å². The van der Waals surface area contributed by atoms with Crippen LogP contribution >= 0.6 is 11.6 Å². The van der Waals surface area contributed by atoms with Crippen molar-refractivity contribution in [3.63, 3.8) is 0 Å². The molecule has 0 saturated carbocycles. The third-order valence-corrected chi connectivity index (χ3v) is 6.55. The quantitative estimate of drug-likeness (QED) is 0.849. The van der Waals surface area contributed by atoms with E-state index in [4.69, 9.17) is 11.6 Å². The zero-order valence-corrected chi connectivity index (χ0v) is 15.0. The van der Waals surface area contributed by atoms with E-state index < -0.39 is 0 Å². The van der Waals surface area contributed by atoms with Crippen molar-refractivity contribution >= 4 is 11.6 Å². The Hall–Kier alpha value is -1.55. The lowest BCUT2D eigenvalue weighted by atomic mass is 9.70. The van der Waals surface area contributed by atoms with Crippen LogP contribution in [0.2, 0.25) is 5.02 Å². The average molecular weight is 358 g/mol. The number of hydrogen-bond acceptors (Lipinski definition) is 3. The molecule has 0 radical (unpaired) electrons. The Morgan fingerprint density at radius 2 is 1.88 bits per heavy atom. The highest BCUT2D eigenvalue weighted by Gasteiger charge is 2.55. The van der Waals surface area contributed by atoms with E-state index in [0.29, 0.717) is 17.1 Å². The van der Waals surface area contributed by atoms with E-state index >= 15 is 0 Å². The second-order valence-corrected chi connectivity index (χ2v) is 7.93. The average Bonchev–Trinajstić information content (AvgIpc) is 3.14. The van der Waals surface area contributed by atoms with Gasteiger partial charge >= 0.3 is 0 Å². The van der Waals surface area contributed by atoms with Crippen molar-refractivity contribution < 1.29 is 10.2 Å². The molecule has 2 aromatic carbocycles. The van der Waals surface area contributed by atoms with Crippen LogP contribution in [-0.2, 0) is 13.0 Å². The topological polar surface area (TPSA) is 43.7 Å². The number of aliphatic hydroxyl groups is 1. The summed E-state index contributed by atoms with van der Waals surface area (Å²) in [5.74, 6) is 0.142. The van der Waals surface area contributed by atoms with Crippen LogP contribution in [0.4, 0.5) is 0 Å². The SMILES string of the molecule is OC[C@]1(Cc2ccccc2)C[C@@H]2CC[C@H]1N2Cc1cccc(O)c1Cl. The van der Waals surface area contributed by atoms with Gasteiger partial charge in [-0.05, 0) is 42.9 Å². The number of aromatic hydroxyl groups is 1. The Labute approximate surface area is 153 Å². The highest BCUT2D eigenvalue weighted by molar-refractivity contribution is 6.32. The summed E-state index contributed by atoms with van der Waals surface area (Å²) in [4.78, 5) is 2.50. The van der Waals surface area contributed by atoms with Crippen molar-refractivity contribution in [1.82, 2.24) is 4.90 Å². The van der Waals surface area contributed by atoms with Crippen LogP contribution in [0.15, 0.2) is 48.5 Å². The summed E-state index contributed by atoms with van der Waals surface area (Å²) >= 11 is 6.30. The first-order valence-corrected chi connectivity index (χ1v) is 9.38. The van der Waals surface area contributed by atoms with Gasteiger partial charge in [-0.1, -0.05) is 54.1 Å². The fourth-order valence-electron chi connectivity index (χ4n) is 4.96. The molecule has 4 heteroatoms. The molecule has 3 atom stereocenters. The third-order valence-electron chi connectivity index (χ3n) is 6.12. The molecule has 2 fully saturated rings. The lowest BCUT2D eigenvalue weighted by Crippen LogP contribution is -2.41. The standard InChI is InChI=1S/C21H24ClNO2/c22-20-16(7-4-8-18(20)25)13-23-17-9-10-19(23)21(12-17,14-24)11-15-5-2-1-3-6-15/h1-8,17,19,24-25H,9-14H2/t17-,19+,21-/m0/s1. The molecule has 2 aliphatic rings. The van der Waals surface area contributed by atoms with Gasteiger partial charge in [0, 0.05) is 24.0 Å². The zero-order chi connectivity index (χ0) is 17.4. The molecule has 2 aromatic rings. The first kappa shape index (κ1) is 16.9. The molecule has 2 saturated heterocycles. The molecule has 132 valence electrons. The van der Waals surface area contributed by atoms with E-state index in [0.717, 1.165) is 31.4 Å². The summed E-state index contributed by atoms with van der Waals surface area (Å²) in [6.45, 7) is 0.951. The molecule has 25 heavy (non-hydrogen) atoms. The lowest BCUT2D eigenvalue weighted by Gasteiger charge is -2.36. The summed E-state index contributed by atoms with van der Waals surface area (Å²) in [6.07, 6.45) is 4.24. The Kier molecular flexibility index (Phi) is 4.48. The highest BCUT2D eigenvalue weighted by atomic mass is 35.5. The van der Waals surface area contributed by atoms with Crippen LogP contribution in [-0.4, -0.2) is 33.8 Å². The van der Waals surface area contributed by atoms with Gasteiger partial charge in [0.1, 0.15) is 5.75 Å². The summed E-state index contributed by atoms with van der Waals surface area (Å²) in [6, 6.07) is 16.8. The molecule has 4 rings (SSSR count). The maximum absolute atomic E-state index is 10.3. The van der Waals surface area contributed by atoms with Crippen molar-refractivity contribution in [1.29, 1.82) is 0 Å². The number of aliphatic hydroxyl groups excluding tert-OH is 1. The molecule has 3 nitrogen and oxygen atoms in total. The fraction of sp³-hybridized carbons (Fsp3) is 0.429. The third kappa shape index (κ3) is 2.95. The largest absolute Gasteiger partial charge is 0.506 e. The predicted molar refractivity (Wildman–Crippen MR) is 99.8 cm³/mol. The normalized spacial score (nSPS) is 28.6. The van der Waals surface area contributed by atoms with Gasteiger partial charge in [-0.2, -0.15) is 0 Å². The highest BCUT2D eigenvalue weighted by Crippen LogP contribution is 2.52. The molecule has 0 aromatic heterocycles. The molecule has 0 aliphatic carbocycles. The molecular weight excluding hydrogens is 334 g/mol. The summed E-state index contributed by atoms with van der Waals surface area (Å²) in [5.41, 5.74) is 2.18. The van der Waals surface area contributed by atoms with Gasteiger partial charge in [0.2, 0.25) is 0 Å². The van der Waals surface area contributed by atoms with Crippen molar-refractivity contribution in [3.05, 3.63) is 64.7 Å². The zero-order valence-electron chi connectivity index (χ0n) is 14.2. The smallest absolute Gasteiger partial charge is 0.134 e. The summed E-state index contributed by atoms with van der Waals surface area (Å²) in [5, 5.41) is 20.6. The fourth-order valence-corrected chi connectivity index (χ4v) is 5.15. The molecule has 0 spiro atoms. The van der Waals surface area contributed by atoms with Crippen LogP contribution in [0.25, 0.3) is 0 Å². The minimum absolute atomic E-state index is 0.0758. The second kappa shape index (κ2) is 6.64. The second-order valence-electron chi connectivity index (χ2n) is 7.56. The summed E-state index contributed by atoms with van der Waals surface area (Å²) < 4.78 is 0. The van der Waals surface area contributed by atoms with E-state index in [1.165, 1.54) is 12.0 Å². The van der Waals surface area contributed by atoms with Gasteiger partial charge in [-0.15, -0.1) is 0 Å². The maximum atomic E-state index is 10.3. The Balaban J connectivity index is 1.58. The maximum Gasteiger partial charge on any atom is 0.134 e. The van der Waals surface area contributed by atoms with Crippen LogP contribution in [0.1, 0.15) is 30.4 Å². The van der Waals surface area contributed by atoms with E-state index in [1.807, 2.05) is 18.2 Å². The first-order valence-electron chi connectivity index (χ1n) is 9.00. The Bertz CT molecular complexity index is 751. The first-order chi connectivity index (χ1) is 12.1. The minimum Gasteiger partial charge on any atom is -0.506 e. The van der Waals surface area contributed by atoms with Gasteiger partial charge in [0.25, 0.3) is 0 Å². The van der Waals surface area contributed by atoms with Crippen LogP contribution in [0.3, 0.4) is 0 Å². The number of hydrogen-bond donors (Lipinski definition) is 2. The lowest BCUT2D eigenvalue weighted by molar-refractivity contribution is 0.0750.